The first-order chi connectivity index (χ1) is 6.16. The Labute approximate surface area is 76.3 Å². The second kappa shape index (κ2) is 3.71. The number of likely N-dealkylation sites (N-methyl/N-ethyl adjacent to an activating group) is 1. The first-order valence-corrected chi connectivity index (χ1v) is 3.82. The number of hydrogen-bond donors (Lipinski definition) is 3. The van der Waals surface area contributed by atoms with Crippen LogP contribution < -0.4 is 11.1 Å². The maximum absolute atomic E-state index is 11.1. The molecule has 1 aromatic rings. The van der Waals surface area contributed by atoms with E-state index < -0.39 is 5.91 Å². The number of nitrogen functional groups attached to an aromatic ring is 1. The van der Waals surface area contributed by atoms with E-state index in [9.17, 15) is 4.79 Å². The summed E-state index contributed by atoms with van der Waals surface area (Å²) in [6.45, 7) is 0. The minimum absolute atomic E-state index is 0.111. The number of carbonyl (C=O) groups is 1. The lowest BCUT2D eigenvalue weighted by atomic mass is 10.1. The number of rotatable bonds is 2. The van der Waals surface area contributed by atoms with Gasteiger partial charge in [-0.1, -0.05) is 18.2 Å². The molecule has 68 valence electrons. The maximum atomic E-state index is 11.1. The van der Waals surface area contributed by atoms with Crippen molar-refractivity contribution in [2.45, 2.75) is 0 Å². The molecule has 0 fully saturated rings. The highest BCUT2D eigenvalue weighted by atomic mass is 16.1. The molecule has 4 nitrogen and oxygen atoms in total. The third-order valence-electron chi connectivity index (χ3n) is 1.68. The zero-order valence-corrected chi connectivity index (χ0v) is 7.29. The number of carbonyl (C=O) groups excluding carboxylic acids is 1. The number of benzene rings is 1. The van der Waals surface area contributed by atoms with Gasteiger partial charge in [0.1, 0.15) is 5.71 Å². The molecule has 0 aliphatic heterocycles. The predicted molar refractivity (Wildman–Crippen MR) is 51.7 cm³/mol. The Morgan fingerprint density at radius 1 is 1.46 bits per heavy atom. The molecule has 1 rings (SSSR count). The summed E-state index contributed by atoms with van der Waals surface area (Å²) in [4.78, 5) is 11.1. The van der Waals surface area contributed by atoms with E-state index in [2.05, 4.69) is 5.32 Å². The molecule has 0 heterocycles. The third kappa shape index (κ3) is 1.84. The van der Waals surface area contributed by atoms with E-state index >= 15 is 0 Å². The Morgan fingerprint density at radius 3 is 2.62 bits per heavy atom. The van der Waals surface area contributed by atoms with E-state index in [0.717, 1.165) is 0 Å². The van der Waals surface area contributed by atoms with E-state index in [-0.39, 0.29) is 5.71 Å². The average molecular weight is 177 g/mol. The Bertz CT molecular complexity index is 346. The molecule has 1 aromatic carbocycles. The van der Waals surface area contributed by atoms with Crippen molar-refractivity contribution in [2.24, 2.45) is 0 Å². The Balaban J connectivity index is 3.02. The number of nitrogens with one attached hydrogen (secondary N) is 2. The molecule has 0 spiro atoms. The predicted octanol–water partition coefficient (Wildman–Crippen LogP) is 0.383. The van der Waals surface area contributed by atoms with Gasteiger partial charge in [0.05, 0.1) is 0 Å². The molecule has 0 aromatic heterocycles. The fraction of sp³-hybridized carbons (Fsp3) is 0.111. The summed E-state index contributed by atoms with van der Waals surface area (Å²) in [5, 5.41) is 9.86. The zero-order valence-electron chi connectivity index (χ0n) is 7.29. The highest BCUT2D eigenvalue weighted by Crippen LogP contribution is 2.10. The molecule has 0 saturated heterocycles. The summed E-state index contributed by atoms with van der Waals surface area (Å²) >= 11 is 0. The van der Waals surface area contributed by atoms with E-state index in [4.69, 9.17) is 11.1 Å². The van der Waals surface area contributed by atoms with Crippen molar-refractivity contribution in [1.82, 2.24) is 5.32 Å². The van der Waals surface area contributed by atoms with Crippen molar-refractivity contribution in [3.05, 3.63) is 29.8 Å². The number of amides is 1. The lowest BCUT2D eigenvalue weighted by Gasteiger charge is -2.04. The monoisotopic (exact) mass is 177 g/mol. The number of hydrogen-bond acceptors (Lipinski definition) is 3. The van der Waals surface area contributed by atoms with Crippen LogP contribution in [0.15, 0.2) is 24.3 Å². The number of para-hydroxylation sites is 1. The summed E-state index contributed by atoms with van der Waals surface area (Å²) in [6.07, 6.45) is 0. The lowest BCUT2D eigenvalue weighted by Crippen LogP contribution is -2.28. The van der Waals surface area contributed by atoms with E-state index in [0.29, 0.717) is 11.3 Å². The largest absolute Gasteiger partial charge is 0.398 e. The van der Waals surface area contributed by atoms with Crippen LogP contribution in [0.25, 0.3) is 0 Å². The highest BCUT2D eigenvalue weighted by Gasteiger charge is 2.11. The molecule has 0 radical (unpaired) electrons. The van der Waals surface area contributed by atoms with Gasteiger partial charge < -0.3 is 11.1 Å². The van der Waals surface area contributed by atoms with Crippen LogP contribution in [0, 0.1) is 5.41 Å². The van der Waals surface area contributed by atoms with Crippen LogP contribution in [0.4, 0.5) is 5.69 Å². The van der Waals surface area contributed by atoms with Gasteiger partial charge in [-0.25, -0.2) is 0 Å². The van der Waals surface area contributed by atoms with Gasteiger partial charge in [0, 0.05) is 18.3 Å². The normalized spacial score (nSPS) is 9.31. The molecule has 0 bridgehead atoms. The van der Waals surface area contributed by atoms with E-state index in [1.54, 1.807) is 24.3 Å². The first kappa shape index (κ1) is 9.25. The summed E-state index contributed by atoms with van der Waals surface area (Å²) < 4.78 is 0. The Morgan fingerprint density at radius 2 is 2.08 bits per heavy atom. The summed E-state index contributed by atoms with van der Waals surface area (Å²) in [5.74, 6) is -0.432. The fourth-order valence-electron chi connectivity index (χ4n) is 0.972. The van der Waals surface area contributed by atoms with Crippen LogP contribution in [0.5, 0.6) is 0 Å². The smallest absolute Gasteiger partial charge is 0.269 e. The lowest BCUT2D eigenvalue weighted by molar-refractivity contribution is -0.114. The summed E-state index contributed by atoms with van der Waals surface area (Å²) in [7, 11) is 1.48. The highest BCUT2D eigenvalue weighted by molar-refractivity contribution is 6.45. The van der Waals surface area contributed by atoms with Crippen LogP contribution in [-0.4, -0.2) is 18.7 Å². The average Bonchev–Trinajstić information content (AvgIpc) is 2.16. The Hall–Kier alpha value is -1.84. The van der Waals surface area contributed by atoms with Crippen molar-refractivity contribution in [1.29, 1.82) is 5.41 Å². The molecule has 0 aliphatic carbocycles. The fourth-order valence-corrected chi connectivity index (χ4v) is 0.972. The summed E-state index contributed by atoms with van der Waals surface area (Å²) in [6, 6.07) is 6.80. The van der Waals surface area contributed by atoms with Gasteiger partial charge in [-0.3, -0.25) is 10.2 Å². The van der Waals surface area contributed by atoms with E-state index in [1.165, 1.54) is 7.05 Å². The van der Waals surface area contributed by atoms with Gasteiger partial charge >= 0.3 is 0 Å². The SMILES string of the molecule is CNC(=O)C(=N)c1ccccc1N. The molecular weight excluding hydrogens is 166 g/mol. The molecule has 0 atom stereocenters. The molecular formula is C9H11N3O. The van der Waals surface area contributed by atoms with Crippen LogP contribution in [0.1, 0.15) is 5.56 Å². The van der Waals surface area contributed by atoms with Gasteiger partial charge in [0.15, 0.2) is 0 Å². The molecule has 4 N–H and O–H groups in total. The van der Waals surface area contributed by atoms with Gasteiger partial charge in [-0.05, 0) is 6.07 Å². The number of anilines is 1. The third-order valence-corrected chi connectivity index (χ3v) is 1.68. The second-order valence-corrected chi connectivity index (χ2v) is 2.54. The molecule has 0 aliphatic rings. The quantitative estimate of drug-likeness (QED) is 0.451. The number of nitrogens with two attached hydrogens (primary N) is 1. The van der Waals surface area contributed by atoms with Gasteiger partial charge in [-0.2, -0.15) is 0 Å². The minimum Gasteiger partial charge on any atom is -0.398 e. The molecule has 1 amide bonds. The Kier molecular flexibility index (Phi) is 2.64. The molecule has 0 saturated carbocycles. The van der Waals surface area contributed by atoms with Crippen LogP contribution >= 0.6 is 0 Å². The second-order valence-electron chi connectivity index (χ2n) is 2.54. The van der Waals surface area contributed by atoms with Crippen LogP contribution in [-0.2, 0) is 4.79 Å². The zero-order chi connectivity index (χ0) is 9.84. The van der Waals surface area contributed by atoms with Crippen molar-refractivity contribution >= 4 is 17.3 Å². The standard InChI is InChI=1S/C9H11N3O/c1-12-9(13)8(11)6-4-2-3-5-7(6)10/h2-5,11H,10H2,1H3,(H,12,13). The topological polar surface area (TPSA) is 79.0 Å². The summed E-state index contributed by atoms with van der Waals surface area (Å²) in [5.41, 5.74) is 6.38. The molecule has 0 unspecified atom stereocenters. The minimum atomic E-state index is -0.432. The van der Waals surface area contributed by atoms with Gasteiger partial charge in [0.2, 0.25) is 0 Å². The van der Waals surface area contributed by atoms with Crippen LogP contribution in [0.2, 0.25) is 0 Å². The van der Waals surface area contributed by atoms with Gasteiger partial charge in [-0.15, -0.1) is 0 Å². The van der Waals surface area contributed by atoms with E-state index in [1.807, 2.05) is 0 Å². The van der Waals surface area contributed by atoms with Crippen molar-refractivity contribution in [3.63, 3.8) is 0 Å². The van der Waals surface area contributed by atoms with Gasteiger partial charge in [0.25, 0.3) is 5.91 Å². The van der Waals surface area contributed by atoms with Crippen LogP contribution in [0.3, 0.4) is 0 Å². The molecule has 13 heavy (non-hydrogen) atoms. The van der Waals surface area contributed by atoms with Crippen molar-refractivity contribution < 1.29 is 4.79 Å². The maximum Gasteiger partial charge on any atom is 0.269 e. The molecule has 4 heteroatoms. The first-order valence-electron chi connectivity index (χ1n) is 3.82. The van der Waals surface area contributed by atoms with Crippen molar-refractivity contribution in [2.75, 3.05) is 12.8 Å². The van der Waals surface area contributed by atoms with Crippen molar-refractivity contribution in [3.8, 4) is 0 Å².